The van der Waals surface area contributed by atoms with Crippen molar-refractivity contribution in [3.8, 4) is 5.75 Å². The van der Waals surface area contributed by atoms with Crippen LogP contribution >= 0.6 is 0 Å². The average molecular weight is 998 g/mol. The molecule has 1 unspecified atom stereocenters. The summed E-state index contributed by atoms with van der Waals surface area (Å²) >= 11 is -3.12. The van der Waals surface area contributed by atoms with Crippen LogP contribution in [0.4, 0.5) is 0 Å². The van der Waals surface area contributed by atoms with Crippen LogP contribution in [0.15, 0.2) is 103 Å². The van der Waals surface area contributed by atoms with E-state index in [2.05, 4.69) is 181 Å². The first-order valence-electron chi connectivity index (χ1n) is 24.8. The summed E-state index contributed by atoms with van der Waals surface area (Å²) in [7, 11) is -0.465. The summed E-state index contributed by atoms with van der Waals surface area (Å²) in [5.41, 5.74) is 7.20. The van der Waals surface area contributed by atoms with Gasteiger partial charge >= 0.3 is 414 Å². The number of hydrogen-bond acceptors (Lipinski definition) is 5. The standard InChI is InChI=1S/C44H52N2O4Si.3C4H9.Li.Sn/c1-9-49-43(47)39-29-45(40-25-34(26-41(48-8)42(39)40)30-50-51(31(2)3,32(4)5)33(6)7)27-38-28-46(38)44(35-19-13-10-14-20-35,36-21-15-11-16-22-36)37-23-17-12-18-24-37;3*1-3-4-2;;/h10-26,28,31-33,38H,9,27,30H2,1-8H3;3*1,3-4H2,2H3;;/q-1;;;;+1;/t38-,46?;;;;;/m0...../s1. The number of aromatic nitrogens is 1. The zero-order valence-corrected chi connectivity index (χ0v) is 46.1. The molecule has 0 amide bonds. The van der Waals surface area contributed by atoms with E-state index in [9.17, 15) is 4.79 Å². The topological polar surface area (TPSA) is 52.7 Å². The number of ether oxygens (including phenoxy) is 2. The van der Waals surface area contributed by atoms with Crippen molar-refractivity contribution in [3.63, 3.8) is 0 Å². The molecule has 0 spiro atoms. The molecule has 0 saturated carbocycles. The van der Waals surface area contributed by atoms with Crippen molar-refractivity contribution < 1.29 is 37.6 Å². The van der Waals surface area contributed by atoms with Crippen molar-refractivity contribution in [2.75, 3.05) is 13.7 Å². The fourth-order valence-electron chi connectivity index (χ4n) is 12.0. The average Bonchev–Trinajstić information content (AvgIpc) is 3.90. The maximum Gasteiger partial charge on any atom is 1.00 e. The van der Waals surface area contributed by atoms with E-state index >= 15 is 0 Å². The van der Waals surface area contributed by atoms with E-state index in [1.807, 2.05) is 6.92 Å². The second kappa shape index (κ2) is 24.0. The largest absolute Gasteiger partial charge is 1.00 e. The number of hydrogen-bond donors (Lipinski definition) is 0. The van der Waals surface area contributed by atoms with Gasteiger partial charge in [0.15, 0.2) is 0 Å². The van der Waals surface area contributed by atoms with Gasteiger partial charge in [0.05, 0.1) is 0 Å². The molecule has 0 N–H and O–H groups in total. The zero-order valence-electron chi connectivity index (χ0n) is 42.2. The minimum Gasteiger partial charge on any atom is 1.00 e. The molecule has 2 heterocycles. The van der Waals surface area contributed by atoms with Gasteiger partial charge in [0.25, 0.3) is 0 Å². The quantitative estimate of drug-likeness (QED) is 0.0192. The van der Waals surface area contributed by atoms with Gasteiger partial charge in [0.1, 0.15) is 0 Å². The molecule has 346 valence electrons. The minimum absolute atomic E-state index is 0. The van der Waals surface area contributed by atoms with Gasteiger partial charge < -0.3 is 0 Å². The number of carbonyl (C=O) groups excluding carboxylic acids is 1. The van der Waals surface area contributed by atoms with Gasteiger partial charge in [-0.05, 0) is 0 Å². The molecule has 65 heavy (non-hydrogen) atoms. The number of nitrogens with zero attached hydrogens (tertiary/aromatic N) is 2. The van der Waals surface area contributed by atoms with Gasteiger partial charge in [-0.1, -0.05) is 0 Å². The fourth-order valence-corrected chi connectivity index (χ4v) is 36.8. The van der Waals surface area contributed by atoms with Gasteiger partial charge in [-0.15, -0.1) is 0 Å². The Bertz CT molecular complexity index is 2090. The molecule has 1 fully saturated rings. The van der Waals surface area contributed by atoms with Crippen LogP contribution in [0, 0.1) is 6.20 Å². The first kappa shape index (κ1) is 53.2. The molecule has 9 heteroatoms. The number of carbonyl (C=O) groups is 1. The predicted molar refractivity (Wildman–Crippen MR) is 273 cm³/mol. The van der Waals surface area contributed by atoms with Crippen molar-refractivity contribution in [2.24, 2.45) is 0 Å². The van der Waals surface area contributed by atoms with Gasteiger partial charge in [0, 0.05) is 0 Å². The van der Waals surface area contributed by atoms with Crippen LogP contribution in [0.2, 0.25) is 29.9 Å². The summed E-state index contributed by atoms with van der Waals surface area (Å²) in [5, 5.41) is 0.770. The Balaban J connectivity index is 0.00000793. The summed E-state index contributed by atoms with van der Waals surface area (Å²) in [5.74, 6) is 0.303. The van der Waals surface area contributed by atoms with E-state index < -0.39 is 32.2 Å². The van der Waals surface area contributed by atoms with Crippen LogP contribution in [0.5, 0.6) is 5.75 Å². The van der Waals surface area contributed by atoms with Crippen LogP contribution < -0.4 is 23.6 Å². The van der Waals surface area contributed by atoms with E-state index in [4.69, 9.17) is 13.9 Å². The normalized spacial score (nSPS) is 16.6. The fraction of sp³-hybridized carbons (Fsp3) is 0.518. The van der Waals surface area contributed by atoms with Crippen LogP contribution in [0.3, 0.4) is 0 Å². The third kappa shape index (κ3) is 10.8. The van der Waals surface area contributed by atoms with Gasteiger partial charge in [-0.25, -0.2) is 0 Å². The Kier molecular flexibility index (Phi) is 19.6. The number of unbranched alkanes of at least 4 members (excludes halogenated alkanes) is 3. The number of methoxy groups -OCH3 is 1. The van der Waals surface area contributed by atoms with Crippen LogP contribution in [-0.2, 0) is 27.9 Å². The Labute approximate surface area is 410 Å². The third-order valence-electron chi connectivity index (χ3n) is 14.8. The van der Waals surface area contributed by atoms with E-state index in [1.54, 1.807) is 7.11 Å². The second-order valence-corrected chi connectivity index (χ2v) is 38.7. The summed E-state index contributed by atoms with van der Waals surface area (Å²) < 4.78 is 26.1. The summed E-state index contributed by atoms with van der Waals surface area (Å²) in [4.78, 5) is 17.0. The third-order valence-corrected chi connectivity index (χ3v) is 37.9. The van der Waals surface area contributed by atoms with Gasteiger partial charge in [0.2, 0.25) is 0 Å². The Morgan fingerprint density at radius 2 is 1.18 bits per heavy atom. The SMILES string of the molecule is CCC[CH2][Sn]([CH2]CCC)([CH2]CCC)[C@@H]1[C@H](Cn2[c-]c(C(=O)OCC)c3c(OC)cc(CO[Si](C(C)C)(C(C)C)C(C)C)cc32)N1C(c1ccccc1)(c1ccccc1)c1ccccc1.[Li+]. The summed E-state index contributed by atoms with van der Waals surface area (Å²) in [6.07, 6.45) is 11.2. The molecule has 6 nitrogen and oxygen atoms in total. The molecule has 1 aliphatic heterocycles. The molecule has 3 atom stereocenters. The molecule has 0 aliphatic carbocycles. The maximum absolute atomic E-state index is 14.0. The van der Waals surface area contributed by atoms with Gasteiger partial charge in [-0.3, -0.25) is 0 Å². The van der Waals surface area contributed by atoms with Crippen LogP contribution in [0.1, 0.15) is 140 Å². The summed E-state index contributed by atoms with van der Waals surface area (Å²) in [6.45, 7) is 24.5. The Morgan fingerprint density at radius 1 is 0.723 bits per heavy atom. The van der Waals surface area contributed by atoms with Gasteiger partial charge in [-0.2, -0.15) is 0 Å². The Hall–Kier alpha value is -2.78. The molecule has 0 radical (unpaired) electrons. The van der Waals surface area contributed by atoms with E-state index in [1.165, 1.54) is 68.5 Å². The molecular weight excluding hydrogens is 918 g/mol. The van der Waals surface area contributed by atoms with E-state index in [0.29, 0.717) is 45.1 Å². The minimum atomic E-state index is -3.12. The second-order valence-electron chi connectivity index (χ2n) is 19.5. The van der Waals surface area contributed by atoms with Crippen molar-refractivity contribution >= 4 is 43.6 Å². The molecule has 1 saturated heterocycles. The molecule has 4 aromatic carbocycles. The zero-order chi connectivity index (χ0) is 46.1. The van der Waals surface area contributed by atoms with Crippen molar-refractivity contribution in [1.82, 2.24) is 9.47 Å². The summed E-state index contributed by atoms with van der Waals surface area (Å²) in [6, 6.07) is 38.5. The number of esters is 1. The molecule has 6 rings (SSSR count). The number of rotatable bonds is 25. The van der Waals surface area contributed by atoms with Crippen LogP contribution in [-0.4, -0.2) is 65.9 Å². The molecule has 0 bridgehead atoms. The van der Waals surface area contributed by atoms with Crippen molar-refractivity contribution in [2.45, 2.75) is 166 Å². The number of fused-ring (bicyclic) bond motifs is 1. The first-order valence-corrected chi connectivity index (χ1v) is 34.6. The van der Waals surface area contributed by atoms with Crippen molar-refractivity contribution in [1.29, 1.82) is 0 Å². The van der Waals surface area contributed by atoms with E-state index in [-0.39, 0.29) is 37.5 Å². The predicted octanol–water partition coefficient (Wildman–Crippen LogP) is 11.8. The van der Waals surface area contributed by atoms with Crippen LogP contribution in [0.25, 0.3) is 10.9 Å². The maximum atomic E-state index is 14.0. The smallest absolute Gasteiger partial charge is 1.00 e. The Morgan fingerprint density at radius 3 is 1.58 bits per heavy atom. The van der Waals surface area contributed by atoms with E-state index in [0.717, 1.165) is 16.5 Å². The van der Waals surface area contributed by atoms with Crippen molar-refractivity contribution in [3.05, 3.63) is 137 Å². The molecule has 5 aromatic rings. The monoisotopic (exact) mass is 998 g/mol. The molecule has 1 aliphatic rings. The molecular formula is C56H79LiN2O4SiSn. The number of benzene rings is 4. The molecule has 1 aromatic heterocycles. The first-order chi connectivity index (χ1) is 30.9.